The minimum Gasteiger partial charge on any atom is -0.478 e. The van der Waals surface area contributed by atoms with Crippen LogP contribution in [0.4, 0.5) is 5.69 Å². The fourth-order valence-corrected chi connectivity index (χ4v) is 3.10. The first-order valence-corrected chi connectivity index (χ1v) is 8.03. The Balaban J connectivity index is 2.97. The highest BCUT2D eigenvalue weighted by atomic mass is 32.2. The molecule has 6 nitrogen and oxygen atoms in total. The van der Waals surface area contributed by atoms with Crippen LogP contribution in [-0.4, -0.2) is 36.9 Å². The third-order valence-corrected chi connectivity index (χ3v) is 4.66. The number of carbonyl (C=O) groups is 1. The molecule has 0 bridgehead atoms. The highest BCUT2D eigenvalue weighted by Crippen LogP contribution is 2.18. The van der Waals surface area contributed by atoms with E-state index in [4.69, 9.17) is 5.11 Å². The van der Waals surface area contributed by atoms with E-state index in [1.807, 2.05) is 0 Å². The Morgan fingerprint density at radius 3 is 2.43 bits per heavy atom. The summed E-state index contributed by atoms with van der Waals surface area (Å²) in [6.07, 6.45) is 2.52. The molecule has 0 aliphatic carbocycles. The predicted octanol–water partition coefficient (Wildman–Crippen LogP) is 2.09. The van der Waals surface area contributed by atoms with Gasteiger partial charge in [0.1, 0.15) is 0 Å². The van der Waals surface area contributed by atoms with Crippen LogP contribution in [0.15, 0.2) is 24.3 Å². The zero-order valence-corrected chi connectivity index (χ0v) is 13.1. The Kier molecular flexibility index (Phi) is 5.92. The Hall–Kier alpha value is -1.86. The molecule has 0 saturated heterocycles. The van der Waals surface area contributed by atoms with Gasteiger partial charge in [-0.05, 0) is 36.3 Å². The van der Waals surface area contributed by atoms with Gasteiger partial charge < -0.3 is 5.11 Å². The summed E-state index contributed by atoms with van der Waals surface area (Å²) in [6.45, 7) is 6.12. The largest absolute Gasteiger partial charge is 0.478 e. The van der Waals surface area contributed by atoms with E-state index >= 15 is 0 Å². The van der Waals surface area contributed by atoms with Gasteiger partial charge in [0, 0.05) is 19.2 Å². The summed E-state index contributed by atoms with van der Waals surface area (Å²) in [6, 6.07) is 4.95. The van der Waals surface area contributed by atoms with Crippen LogP contribution in [0, 0.1) is 6.92 Å². The topological polar surface area (TPSA) is 86.7 Å². The lowest BCUT2D eigenvalue weighted by Crippen LogP contribution is -2.35. The summed E-state index contributed by atoms with van der Waals surface area (Å²) >= 11 is 0. The van der Waals surface area contributed by atoms with Gasteiger partial charge in [-0.2, -0.15) is 12.7 Å². The first kappa shape index (κ1) is 17.2. The average molecular weight is 312 g/mol. The maximum absolute atomic E-state index is 12.1. The van der Waals surface area contributed by atoms with Crippen LogP contribution in [0.25, 0.3) is 6.08 Å². The summed E-state index contributed by atoms with van der Waals surface area (Å²) in [7, 11) is -3.56. The van der Waals surface area contributed by atoms with Gasteiger partial charge in [0.15, 0.2) is 0 Å². The van der Waals surface area contributed by atoms with Crippen LogP contribution >= 0.6 is 0 Å². The number of hydrogen-bond donors (Lipinski definition) is 2. The molecular weight excluding hydrogens is 292 g/mol. The smallest absolute Gasteiger partial charge is 0.328 e. The Morgan fingerprint density at radius 1 is 1.33 bits per heavy atom. The van der Waals surface area contributed by atoms with Gasteiger partial charge >= 0.3 is 16.2 Å². The number of hydrogen-bond acceptors (Lipinski definition) is 3. The van der Waals surface area contributed by atoms with Crippen LogP contribution in [0.2, 0.25) is 0 Å². The van der Waals surface area contributed by atoms with Crippen molar-refractivity contribution < 1.29 is 18.3 Å². The molecular formula is C14H20N2O4S. The van der Waals surface area contributed by atoms with Gasteiger partial charge in [-0.3, -0.25) is 4.72 Å². The van der Waals surface area contributed by atoms with E-state index in [1.54, 1.807) is 39.0 Å². The molecule has 0 fully saturated rings. The molecule has 21 heavy (non-hydrogen) atoms. The lowest BCUT2D eigenvalue weighted by Gasteiger charge is -2.19. The van der Waals surface area contributed by atoms with E-state index in [0.717, 1.165) is 17.2 Å². The van der Waals surface area contributed by atoms with Gasteiger partial charge in [0.05, 0.1) is 5.69 Å². The number of aliphatic carboxylic acids is 1. The molecule has 0 aliphatic heterocycles. The number of carboxylic acids is 1. The van der Waals surface area contributed by atoms with Crippen LogP contribution in [0.3, 0.4) is 0 Å². The molecule has 0 saturated carbocycles. The van der Waals surface area contributed by atoms with Crippen molar-refractivity contribution >= 4 is 27.9 Å². The van der Waals surface area contributed by atoms with E-state index in [0.29, 0.717) is 18.8 Å². The summed E-state index contributed by atoms with van der Waals surface area (Å²) < 4.78 is 28.0. The van der Waals surface area contributed by atoms with Crippen LogP contribution in [0.1, 0.15) is 25.0 Å². The van der Waals surface area contributed by atoms with Crippen molar-refractivity contribution in [1.82, 2.24) is 4.31 Å². The van der Waals surface area contributed by atoms with Crippen molar-refractivity contribution in [2.75, 3.05) is 17.8 Å². The fourth-order valence-electron chi connectivity index (χ4n) is 1.86. The summed E-state index contributed by atoms with van der Waals surface area (Å²) in [5.74, 6) is -1.03. The molecule has 0 radical (unpaired) electrons. The molecule has 0 amide bonds. The quantitative estimate of drug-likeness (QED) is 0.755. The molecule has 1 aromatic carbocycles. The number of benzene rings is 1. The molecule has 0 heterocycles. The first-order chi connectivity index (χ1) is 9.80. The molecule has 1 rings (SSSR count). The van der Waals surface area contributed by atoms with Gasteiger partial charge in [0.2, 0.25) is 0 Å². The maximum Gasteiger partial charge on any atom is 0.328 e. The van der Waals surface area contributed by atoms with E-state index in [2.05, 4.69) is 4.72 Å². The second-order valence-corrected chi connectivity index (χ2v) is 6.10. The average Bonchev–Trinajstić information content (AvgIpc) is 2.38. The summed E-state index contributed by atoms with van der Waals surface area (Å²) in [5, 5.41) is 8.60. The lowest BCUT2D eigenvalue weighted by atomic mass is 10.1. The van der Waals surface area contributed by atoms with Gasteiger partial charge in [-0.1, -0.05) is 19.9 Å². The third-order valence-electron chi connectivity index (χ3n) is 2.97. The van der Waals surface area contributed by atoms with Crippen molar-refractivity contribution in [2.45, 2.75) is 20.8 Å². The Bertz CT molecular complexity index is 634. The lowest BCUT2D eigenvalue weighted by molar-refractivity contribution is -0.131. The Labute approximate surface area is 125 Å². The van der Waals surface area contributed by atoms with Crippen molar-refractivity contribution in [3.8, 4) is 0 Å². The van der Waals surface area contributed by atoms with Crippen molar-refractivity contribution in [1.29, 1.82) is 0 Å². The second kappa shape index (κ2) is 7.24. The molecule has 7 heteroatoms. The maximum atomic E-state index is 12.1. The zero-order chi connectivity index (χ0) is 16.0. The standard InChI is InChI=1S/C14H20N2O4S/c1-4-16(5-2)21(19,20)15-13-8-6-12(11(3)10-13)7-9-14(17)18/h6-10,15H,4-5H2,1-3H3,(H,17,18). The molecule has 0 atom stereocenters. The SMILES string of the molecule is CCN(CC)S(=O)(=O)Nc1ccc(C=CC(=O)O)c(C)c1. The van der Waals surface area contributed by atoms with Crippen molar-refractivity contribution in [3.05, 3.63) is 35.4 Å². The normalized spacial score (nSPS) is 12.0. The van der Waals surface area contributed by atoms with E-state index in [-0.39, 0.29) is 0 Å². The molecule has 2 N–H and O–H groups in total. The zero-order valence-electron chi connectivity index (χ0n) is 12.3. The van der Waals surface area contributed by atoms with Gasteiger partial charge in [-0.15, -0.1) is 0 Å². The van der Waals surface area contributed by atoms with E-state index < -0.39 is 16.2 Å². The number of nitrogens with zero attached hydrogens (tertiary/aromatic N) is 1. The van der Waals surface area contributed by atoms with E-state index in [9.17, 15) is 13.2 Å². The molecule has 0 unspecified atom stereocenters. The van der Waals surface area contributed by atoms with Gasteiger partial charge in [-0.25, -0.2) is 4.79 Å². The summed E-state index contributed by atoms with van der Waals surface area (Å²) in [4.78, 5) is 10.5. The monoisotopic (exact) mass is 312 g/mol. The molecule has 1 aromatic rings. The van der Waals surface area contributed by atoms with Gasteiger partial charge in [0.25, 0.3) is 0 Å². The Morgan fingerprint density at radius 2 is 1.95 bits per heavy atom. The van der Waals surface area contributed by atoms with Crippen LogP contribution < -0.4 is 4.72 Å². The number of nitrogens with one attached hydrogen (secondary N) is 1. The van der Waals surface area contributed by atoms with Crippen molar-refractivity contribution in [3.63, 3.8) is 0 Å². The van der Waals surface area contributed by atoms with Crippen LogP contribution in [0.5, 0.6) is 0 Å². The molecule has 0 aromatic heterocycles. The molecule has 0 spiro atoms. The summed E-state index contributed by atoms with van der Waals surface area (Å²) in [5.41, 5.74) is 1.96. The predicted molar refractivity (Wildman–Crippen MR) is 83.3 cm³/mol. The minimum atomic E-state index is -3.56. The number of carboxylic acid groups (broad SMARTS) is 1. The minimum absolute atomic E-state index is 0.393. The van der Waals surface area contributed by atoms with E-state index in [1.165, 1.54) is 10.4 Å². The highest BCUT2D eigenvalue weighted by molar-refractivity contribution is 7.90. The molecule has 0 aliphatic rings. The second-order valence-electron chi connectivity index (χ2n) is 4.43. The van der Waals surface area contributed by atoms with Crippen molar-refractivity contribution in [2.24, 2.45) is 0 Å². The fraction of sp³-hybridized carbons (Fsp3) is 0.357. The highest BCUT2D eigenvalue weighted by Gasteiger charge is 2.18. The first-order valence-electron chi connectivity index (χ1n) is 6.59. The number of rotatable bonds is 7. The third kappa shape index (κ3) is 4.87. The number of anilines is 1. The number of aryl methyl sites for hydroxylation is 1. The van der Waals surface area contributed by atoms with Crippen LogP contribution in [-0.2, 0) is 15.0 Å². The molecule has 116 valence electrons.